The van der Waals surface area contributed by atoms with E-state index in [1.54, 1.807) is 0 Å². The molecular formula is C49H30N2O2. The first-order valence-corrected chi connectivity index (χ1v) is 17.9. The van der Waals surface area contributed by atoms with Gasteiger partial charge in [0, 0.05) is 33.1 Å². The summed E-state index contributed by atoms with van der Waals surface area (Å²) >= 11 is 0. The maximum atomic E-state index is 6.83. The van der Waals surface area contributed by atoms with Crippen LogP contribution < -0.4 is 4.90 Å². The standard InChI is InChI=1S/C49H30N2O2/c1-2-14-36(15-3-1)51(37-26-23-33(24-27-37)39-18-10-20-45-46(39)41-17-8-9-19-44(41)52-45)43-30-42-38-16-7-6-12-32(38)25-28-40(42)48-47(43)50-49(53-48)35-22-21-31-11-4-5-13-34(31)29-35/h1-30H. The fourth-order valence-corrected chi connectivity index (χ4v) is 7.96. The van der Waals surface area contributed by atoms with Crippen molar-refractivity contribution in [1.82, 2.24) is 4.98 Å². The summed E-state index contributed by atoms with van der Waals surface area (Å²) in [6, 6.07) is 63.8. The number of furan rings is 1. The Morgan fingerprint density at radius 3 is 1.96 bits per heavy atom. The first-order chi connectivity index (χ1) is 26.3. The van der Waals surface area contributed by atoms with Crippen molar-refractivity contribution in [2.45, 2.75) is 0 Å². The summed E-state index contributed by atoms with van der Waals surface area (Å²) in [4.78, 5) is 7.59. The average Bonchev–Trinajstić information content (AvgIpc) is 3.85. The van der Waals surface area contributed by atoms with E-state index in [4.69, 9.17) is 13.8 Å². The van der Waals surface area contributed by atoms with Crippen molar-refractivity contribution in [2.24, 2.45) is 0 Å². The quantitative estimate of drug-likeness (QED) is 0.170. The van der Waals surface area contributed by atoms with Gasteiger partial charge in [-0.2, -0.15) is 0 Å². The van der Waals surface area contributed by atoms with E-state index in [0.717, 1.165) is 82.9 Å². The van der Waals surface area contributed by atoms with Crippen LogP contribution in [0.1, 0.15) is 0 Å². The number of fused-ring (bicyclic) bond motifs is 9. The van der Waals surface area contributed by atoms with Gasteiger partial charge in [-0.15, -0.1) is 0 Å². The number of aromatic nitrogens is 1. The van der Waals surface area contributed by atoms with Gasteiger partial charge in [0.2, 0.25) is 5.89 Å². The van der Waals surface area contributed by atoms with Gasteiger partial charge in [-0.1, -0.05) is 121 Å². The summed E-state index contributed by atoms with van der Waals surface area (Å²) in [7, 11) is 0. The molecule has 0 aliphatic carbocycles. The van der Waals surface area contributed by atoms with Crippen molar-refractivity contribution in [3.8, 4) is 22.6 Å². The number of anilines is 3. The third-order valence-electron chi connectivity index (χ3n) is 10.5. The molecule has 11 rings (SSSR count). The first-order valence-electron chi connectivity index (χ1n) is 17.9. The van der Waals surface area contributed by atoms with Crippen LogP contribution in [0.15, 0.2) is 191 Å². The molecule has 0 aliphatic rings. The Bertz CT molecular complexity index is 3180. The third kappa shape index (κ3) is 4.73. The van der Waals surface area contributed by atoms with Gasteiger partial charge >= 0.3 is 0 Å². The average molecular weight is 679 g/mol. The zero-order valence-electron chi connectivity index (χ0n) is 28.5. The molecule has 0 N–H and O–H groups in total. The minimum absolute atomic E-state index is 0.594. The van der Waals surface area contributed by atoms with E-state index in [2.05, 4.69) is 169 Å². The molecule has 11 aromatic rings. The lowest BCUT2D eigenvalue weighted by molar-refractivity contribution is 0.623. The number of benzene rings is 9. The molecule has 2 aromatic heterocycles. The highest BCUT2D eigenvalue weighted by Crippen LogP contribution is 2.45. The van der Waals surface area contributed by atoms with Crippen molar-refractivity contribution in [3.63, 3.8) is 0 Å². The van der Waals surface area contributed by atoms with E-state index in [-0.39, 0.29) is 0 Å². The van der Waals surface area contributed by atoms with Crippen molar-refractivity contribution >= 4 is 82.4 Å². The van der Waals surface area contributed by atoms with Crippen LogP contribution in [0.5, 0.6) is 0 Å². The highest BCUT2D eigenvalue weighted by molar-refractivity contribution is 6.19. The van der Waals surface area contributed by atoms with Crippen LogP contribution in [0.2, 0.25) is 0 Å². The zero-order chi connectivity index (χ0) is 34.9. The predicted octanol–water partition coefficient (Wildman–Crippen LogP) is 14.0. The number of oxazole rings is 1. The summed E-state index contributed by atoms with van der Waals surface area (Å²) < 4.78 is 13.1. The lowest BCUT2D eigenvalue weighted by Crippen LogP contribution is -2.10. The Hall–Kier alpha value is -7.17. The highest BCUT2D eigenvalue weighted by atomic mass is 16.3. The molecule has 53 heavy (non-hydrogen) atoms. The van der Waals surface area contributed by atoms with Crippen LogP contribution in [0.3, 0.4) is 0 Å². The van der Waals surface area contributed by atoms with E-state index in [9.17, 15) is 0 Å². The van der Waals surface area contributed by atoms with Gasteiger partial charge in [-0.05, 0) is 98.7 Å². The molecule has 0 saturated carbocycles. The molecule has 248 valence electrons. The third-order valence-corrected chi connectivity index (χ3v) is 10.5. The molecule has 0 bridgehead atoms. The molecule has 2 heterocycles. The Balaban J connectivity index is 1.14. The van der Waals surface area contributed by atoms with E-state index in [1.165, 1.54) is 16.2 Å². The number of para-hydroxylation sites is 2. The largest absolute Gasteiger partial charge is 0.456 e. The van der Waals surface area contributed by atoms with Gasteiger partial charge in [0.25, 0.3) is 0 Å². The molecule has 0 fully saturated rings. The van der Waals surface area contributed by atoms with Gasteiger partial charge in [0.1, 0.15) is 16.7 Å². The molecule has 4 heteroatoms. The van der Waals surface area contributed by atoms with E-state index in [0.29, 0.717) is 5.89 Å². The molecular weight excluding hydrogens is 649 g/mol. The Morgan fingerprint density at radius 2 is 1.09 bits per heavy atom. The summed E-state index contributed by atoms with van der Waals surface area (Å²) in [5.41, 5.74) is 9.54. The molecule has 9 aromatic carbocycles. The van der Waals surface area contributed by atoms with Crippen molar-refractivity contribution in [3.05, 3.63) is 182 Å². The minimum Gasteiger partial charge on any atom is -0.456 e. The monoisotopic (exact) mass is 678 g/mol. The Kier molecular flexibility index (Phi) is 6.52. The SMILES string of the molecule is c1ccc(N(c2ccc(-c3cccc4oc5ccccc5c34)cc2)c2cc3c4ccccc4ccc3c3oc(-c4ccc5ccccc5c4)nc23)cc1. The number of rotatable bonds is 5. The summed E-state index contributed by atoms with van der Waals surface area (Å²) in [5, 5.41) is 9.06. The molecule has 0 atom stereocenters. The minimum atomic E-state index is 0.594. The van der Waals surface area contributed by atoms with Gasteiger partial charge in [0.05, 0.1) is 5.69 Å². The molecule has 0 saturated heterocycles. The van der Waals surface area contributed by atoms with E-state index < -0.39 is 0 Å². The van der Waals surface area contributed by atoms with E-state index in [1.807, 2.05) is 18.2 Å². The first kappa shape index (κ1) is 29.5. The highest BCUT2D eigenvalue weighted by Gasteiger charge is 2.23. The molecule has 0 radical (unpaired) electrons. The lowest BCUT2D eigenvalue weighted by Gasteiger charge is -2.26. The van der Waals surface area contributed by atoms with Crippen LogP contribution in [0, 0.1) is 0 Å². The predicted molar refractivity (Wildman–Crippen MR) is 219 cm³/mol. The van der Waals surface area contributed by atoms with Crippen LogP contribution in [-0.2, 0) is 0 Å². The van der Waals surface area contributed by atoms with Crippen LogP contribution in [-0.4, -0.2) is 4.98 Å². The van der Waals surface area contributed by atoms with Crippen LogP contribution in [0.4, 0.5) is 17.1 Å². The summed E-state index contributed by atoms with van der Waals surface area (Å²) in [6.07, 6.45) is 0. The maximum absolute atomic E-state index is 6.83. The molecule has 0 unspecified atom stereocenters. The van der Waals surface area contributed by atoms with Gasteiger partial charge in [0.15, 0.2) is 5.58 Å². The summed E-state index contributed by atoms with van der Waals surface area (Å²) in [6.45, 7) is 0. The fraction of sp³-hybridized carbons (Fsp3) is 0. The zero-order valence-corrected chi connectivity index (χ0v) is 28.5. The van der Waals surface area contributed by atoms with E-state index >= 15 is 0 Å². The van der Waals surface area contributed by atoms with Gasteiger partial charge in [-0.3, -0.25) is 0 Å². The maximum Gasteiger partial charge on any atom is 0.227 e. The van der Waals surface area contributed by atoms with Crippen molar-refractivity contribution < 1.29 is 8.83 Å². The number of nitrogens with zero attached hydrogens (tertiary/aromatic N) is 2. The second-order valence-corrected chi connectivity index (χ2v) is 13.5. The van der Waals surface area contributed by atoms with Gasteiger partial charge in [-0.25, -0.2) is 4.98 Å². The fourth-order valence-electron chi connectivity index (χ4n) is 7.96. The molecule has 4 nitrogen and oxygen atoms in total. The topological polar surface area (TPSA) is 42.4 Å². The number of hydrogen-bond donors (Lipinski definition) is 0. The summed E-state index contributed by atoms with van der Waals surface area (Å²) in [5.74, 6) is 0.594. The normalized spacial score (nSPS) is 11.8. The molecule has 0 spiro atoms. The second kappa shape index (κ2) is 11.7. The molecule has 0 amide bonds. The Morgan fingerprint density at radius 1 is 0.415 bits per heavy atom. The lowest BCUT2D eigenvalue weighted by atomic mass is 9.98. The number of hydrogen-bond acceptors (Lipinski definition) is 4. The van der Waals surface area contributed by atoms with Crippen molar-refractivity contribution in [1.29, 1.82) is 0 Å². The molecule has 0 aliphatic heterocycles. The smallest absolute Gasteiger partial charge is 0.227 e. The van der Waals surface area contributed by atoms with Crippen LogP contribution in [0.25, 0.3) is 87.9 Å². The van der Waals surface area contributed by atoms with Crippen molar-refractivity contribution in [2.75, 3.05) is 4.90 Å². The van der Waals surface area contributed by atoms with Crippen LogP contribution >= 0.6 is 0 Å². The van der Waals surface area contributed by atoms with Gasteiger partial charge < -0.3 is 13.7 Å². The second-order valence-electron chi connectivity index (χ2n) is 13.5. The Labute approximate surface area is 304 Å².